The molecule has 0 aromatic carbocycles. The van der Waals surface area contributed by atoms with Crippen LogP contribution in [0.3, 0.4) is 0 Å². The number of carbonyl (C=O) groups excluding carboxylic acids is 3. The molecule has 1 aliphatic rings. The number of aromatic nitrogens is 1. The summed E-state index contributed by atoms with van der Waals surface area (Å²) in [5.41, 5.74) is 0.749. The molecule has 6 nitrogen and oxygen atoms in total. The topological polar surface area (TPSA) is 79.4 Å². The molecule has 22 heavy (non-hydrogen) atoms. The predicted molar refractivity (Wildman–Crippen MR) is 87.9 cm³/mol. The van der Waals surface area contributed by atoms with Gasteiger partial charge in [-0.05, 0) is 29.5 Å². The lowest BCUT2D eigenvalue weighted by atomic mass is 10.2. The van der Waals surface area contributed by atoms with Crippen LogP contribution in [-0.2, 0) is 9.59 Å². The zero-order valence-corrected chi connectivity index (χ0v) is 13.7. The zero-order chi connectivity index (χ0) is 15.2. The first-order chi connectivity index (χ1) is 10.1. The molecule has 3 amide bonds. The molecule has 1 saturated heterocycles. The maximum Gasteiger partial charge on any atom is 0.293 e. The van der Waals surface area contributed by atoms with Gasteiger partial charge in [-0.1, -0.05) is 6.07 Å². The molecule has 0 atom stereocenters. The van der Waals surface area contributed by atoms with Crippen LogP contribution in [0, 0.1) is 0 Å². The number of alkyl halides is 1. The highest BCUT2D eigenvalue weighted by Crippen LogP contribution is 2.31. The number of amides is 3. The van der Waals surface area contributed by atoms with E-state index in [2.05, 4.69) is 10.3 Å². The van der Waals surface area contributed by atoms with Crippen molar-refractivity contribution in [1.29, 1.82) is 0 Å². The fourth-order valence-electron chi connectivity index (χ4n) is 1.66. The Labute approximate surface area is 142 Å². The molecule has 9 heteroatoms. The van der Waals surface area contributed by atoms with Gasteiger partial charge < -0.3 is 5.32 Å². The number of thioether (sulfide) groups is 1. The summed E-state index contributed by atoms with van der Waals surface area (Å²) in [6, 6.07) is 3.54. The van der Waals surface area contributed by atoms with Crippen LogP contribution in [0.5, 0.6) is 0 Å². The summed E-state index contributed by atoms with van der Waals surface area (Å²) >= 11 is 6.21. The molecule has 0 unspecified atom stereocenters. The first-order valence-electron chi connectivity index (χ1n) is 6.10. The Balaban J connectivity index is 0.00000242. The molecule has 0 spiro atoms. The van der Waals surface area contributed by atoms with Crippen LogP contribution in [0.2, 0.25) is 0 Å². The van der Waals surface area contributed by atoms with E-state index in [9.17, 15) is 14.4 Å². The van der Waals surface area contributed by atoms with E-state index in [1.807, 2.05) is 0 Å². The Bertz CT molecular complexity index is 595. The minimum absolute atomic E-state index is 0. The SMILES string of the molecule is Cl.O=C(CCl)NCCN1C(=O)SC(=Cc2cccnc2)C1=O. The van der Waals surface area contributed by atoms with E-state index in [-0.39, 0.29) is 48.4 Å². The van der Waals surface area contributed by atoms with Crippen molar-refractivity contribution in [1.82, 2.24) is 15.2 Å². The molecule has 1 aliphatic heterocycles. The van der Waals surface area contributed by atoms with Gasteiger partial charge in [0, 0.05) is 25.5 Å². The van der Waals surface area contributed by atoms with Crippen molar-refractivity contribution in [3.05, 3.63) is 35.0 Å². The standard InChI is InChI=1S/C13H12ClN3O3S.ClH/c14-7-11(18)16-4-5-17-12(19)10(21-13(17)20)6-9-2-1-3-15-8-9;/h1-3,6,8H,4-5,7H2,(H,16,18);1H. The summed E-state index contributed by atoms with van der Waals surface area (Å²) in [6.07, 6.45) is 4.85. The second kappa shape index (κ2) is 8.77. The van der Waals surface area contributed by atoms with E-state index in [4.69, 9.17) is 11.6 Å². The van der Waals surface area contributed by atoms with Crippen molar-refractivity contribution < 1.29 is 14.4 Å². The molecular weight excluding hydrogens is 349 g/mol. The van der Waals surface area contributed by atoms with E-state index < -0.39 is 0 Å². The van der Waals surface area contributed by atoms with E-state index in [0.717, 1.165) is 22.2 Å². The van der Waals surface area contributed by atoms with Gasteiger partial charge in [-0.3, -0.25) is 24.3 Å². The third kappa shape index (κ3) is 4.72. The van der Waals surface area contributed by atoms with Gasteiger partial charge in [0.15, 0.2) is 0 Å². The van der Waals surface area contributed by atoms with Gasteiger partial charge in [-0.2, -0.15) is 0 Å². The third-order valence-electron chi connectivity index (χ3n) is 2.63. The molecule has 1 aromatic heterocycles. The molecule has 0 aliphatic carbocycles. The van der Waals surface area contributed by atoms with Gasteiger partial charge in [-0.15, -0.1) is 24.0 Å². The highest BCUT2D eigenvalue weighted by atomic mass is 35.5. The van der Waals surface area contributed by atoms with Crippen molar-refractivity contribution in [2.24, 2.45) is 0 Å². The van der Waals surface area contributed by atoms with Gasteiger partial charge in [0.25, 0.3) is 11.1 Å². The van der Waals surface area contributed by atoms with Crippen LogP contribution in [0.25, 0.3) is 6.08 Å². The van der Waals surface area contributed by atoms with E-state index in [1.54, 1.807) is 30.6 Å². The highest BCUT2D eigenvalue weighted by molar-refractivity contribution is 8.18. The van der Waals surface area contributed by atoms with Gasteiger partial charge >= 0.3 is 0 Å². The lowest BCUT2D eigenvalue weighted by molar-refractivity contribution is -0.123. The van der Waals surface area contributed by atoms with Gasteiger partial charge in [0.2, 0.25) is 5.91 Å². The van der Waals surface area contributed by atoms with Crippen molar-refractivity contribution in [2.45, 2.75) is 0 Å². The quantitative estimate of drug-likeness (QED) is 0.639. The van der Waals surface area contributed by atoms with Crippen molar-refractivity contribution in [2.75, 3.05) is 19.0 Å². The number of nitrogens with one attached hydrogen (secondary N) is 1. The highest BCUT2D eigenvalue weighted by Gasteiger charge is 2.34. The number of imide groups is 1. The second-order valence-electron chi connectivity index (χ2n) is 4.10. The van der Waals surface area contributed by atoms with E-state index >= 15 is 0 Å². The lowest BCUT2D eigenvalue weighted by Crippen LogP contribution is -2.37. The molecule has 0 radical (unpaired) electrons. The minimum atomic E-state index is -0.367. The van der Waals surface area contributed by atoms with E-state index in [1.165, 1.54) is 0 Å². The molecule has 1 fully saturated rings. The molecule has 2 heterocycles. The van der Waals surface area contributed by atoms with Crippen LogP contribution in [0.4, 0.5) is 4.79 Å². The average Bonchev–Trinajstić information content (AvgIpc) is 2.75. The smallest absolute Gasteiger partial charge is 0.293 e. The van der Waals surface area contributed by atoms with Crippen molar-refractivity contribution in [3.63, 3.8) is 0 Å². The first kappa shape index (κ1) is 18.5. The predicted octanol–water partition coefficient (Wildman–Crippen LogP) is 1.89. The largest absolute Gasteiger partial charge is 0.353 e. The second-order valence-corrected chi connectivity index (χ2v) is 5.36. The van der Waals surface area contributed by atoms with Crippen molar-refractivity contribution in [3.8, 4) is 0 Å². The van der Waals surface area contributed by atoms with E-state index in [0.29, 0.717) is 4.91 Å². The Morgan fingerprint density at radius 1 is 1.45 bits per heavy atom. The summed E-state index contributed by atoms with van der Waals surface area (Å²) in [6.45, 7) is 0.307. The first-order valence-corrected chi connectivity index (χ1v) is 7.45. The Hall–Kier alpha value is -1.57. The van der Waals surface area contributed by atoms with Crippen LogP contribution in [0.1, 0.15) is 5.56 Å². The van der Waals surface area contributed by atoms with Crippen LogP contribution in [0.15, 0.2) is 29.4 Å². The summed E-state index contributed by atoms with van der Waals surface area (Å²) in [7, 11) is 0. The normalized spacial score (nSPS) is 15.9. The maximum absolute atomic E-state index is 12.1. The molecular formula is C13H13Cl2N3O3S. The number of pyridine rings is 1. The Morgan fingerprint density at radius 3 is 2.86 bits per heavy atom. The third-order valence-corrected chi connectivity index (χ3v) is 3.78. The minimum Gasteiger partial charge on any atom is -0.353 e. The number of halogens is 2. The summed E-state index contributed by atoms with van der Waals surface area (Å²) in [4.78, 5) is 40.3. The molecule has 0 bridgehead atoms. The number of hydrogen-bond donors (Lipinski definition) is 1. The van der Waals surface area contributed by atoms with Crippen LogP contribution >= 0.6 is 35.8 Å². The number of rotatable bonds is 5. The van der Waals surface area contributed by atoms with Crippen molar-refractivity contribution >= 4 is 58.9 Å². The monoisotopic (exact) mass is 361 g/mol. The fraction of sp³-hybridized carbons (Fsp3) is 0.231. The summed E-state index contributed by atoms with van der Waals surface area (Å²) in [5.74, 6) is -0.855. The maximum atomic E-state index is 12.1. The molecule has 2 rings (SSSR count). The molecule has 1 N–H and O–H groups in total. The lowest BCUT2D eigenvalue weighted by Gasteiger charge is -2.12. The number of nitrogens with zero attached hydrogens (tertiary/aromatic N) is 2. The summed E-state index contributed by atoms with van der Waals surface area (Å²) < 4.78 is 0. The summed E-state index contributed by atoms with van der Waals surface area (Å²) in [5, 5.41) is 2.16. The van der Waals surface area contributed by atoms with Gasteiger partial charge in [0.05, 0.1) is 4.91 Å². The Morgan fingerprint density at radius 2 is 2.23 bits per heavy atom. The van der Waals surface area contributed by atoms with Gasteiger partial charge in [0.1, 0.15) is 5.88 Å². The van der Waals surface area contributed by atoms with Crippen LogP contribution in [-0.4, -0.2) is 45.9 Å². The van der Waals surface area contributed by atoms with Gasteiger partial charge in [-0.25, -0.2) is 0 Å². The fourth-order valence-corrected chi connectivity index (χ4v) is 2.62. The Kier molecular flexibility index (Phi) is 7.37. The molecule has 1 aromatic rings. The molecule has 0 saturated carbocycles. The van der Waals surface area contributed by atoms with Crippen LogP contribution < -0.4 is 5.32 Å². The number of hydrogen-bond acceptors (Lipinski definition) is 5. The zero-order valence-electron chi connectivity index (χ0n) is 11.3. The number of carbonyl (C=O) groups is 3. The molecule has 118 valence electrons. The average molecular weight is 362 g/mol.